The lowest BCUT2D eigenvalue weighted by molar-refractivity contribution is -0.133. The van der Waals surface area contributed by atoms with E-state index in [1.807, 2.05) is 11.8 Å². The highest BCUT2D eigenvalue weighted by atomic mass is 35.5. The van der Waals surface area contributed by atoms with Crippen LogP contribution in [0.25, 0.3) is 0 Å². The van der Waals surface area contributed by atoms with Gasteiger partial charge in [-0.2, -0.15) is 0 Å². The first-order valence-electron chi connectivity index (χ1n) is 11.9. The molecule has 36 heavy (non-hydrogen) atoms. The number of ether oxygens (including phenoxy) is 1. The van der Waals surface area contributed by atoms with Crippen molar-refractivity contribution < 1.29 is 18.7 Å². The summed E-state index contributed by atoms with van der Waals surface area (Å²) in [7, 11) is 0. The average molecular weight is 536 g/mol. The zero-order valence-electron chi connectivity index (χ0n) is 20.9. The van der Waals surface area contributed by atoms with Crippen molar-refractivity contribution >= 4 is 41.2 Å². The summed E-state index contributed by atoms with van der Waals surface area (Å²) in [6.07, 6.45) is 1.02. The number of alkyl carbamates (subject to hydrolysis) is 1. The first kappa shape index (κ1) is 26.5. The van der Waals surface area contributed by atoms with Crippen LogP contribution in [-0.2, 0) is 21.7 Å². The Labute approximate surface area is 219 Å². The number of nitrogens with one attached hydrogen (secondary N) is 1. The summed E-state index contributed by atoms with van der Waals surface area (Å²) in [6, 6.07) is 3.47. The molecule has 0 saturated carbocycles. The van der Waals surface area contributed by atoms with Crippen LogP contribution in [0.3, 0.4) is 0 Å². The number of thioether (sulfide) groups is 1. The zero-order chi connectivity index (χ0) is 26.0. The third kappa shape index (κ3) is 6.21. The Hall–Kier alpha value is -2.59. The van der Waals surface area contributed by atoms with Crippen molar-refractivity contribution in [3.63, 3.8) is 0 Å². The van der Waals surface area contributed by atoms with E-state index in [4.69, 9.17) is 16.3 Å². The Balaban J connectivity index is 1.47. The fourth-order valence-corrected chi connectivity index (χ4v) is 5.57. The van der Waals surface area contributed by atoms with E-state index in [1.54, 1.807) is 38.1 Å². The van der Waals surface area contributed by atoms with Crippen molar-refractivity contribution in [2.24, 2.45) is 0 Å². The number of carbonyl (C=O) groups is 2. The van der Waals surface area contributed by atoms with Crippen LogP contribution in [0.15, 0.2) is 24.5 Å². The molecule has 3 heterocycles. The summed E-state index contributed by atoms with van der Waals surface area (Å²) in [5.41, 5.74) is 2.08. The summed E-state index contributed by atoms with van der Waals surface area (Å²) < 4.78 is 19.4. The lowest BCUT2D eigenvalue weighted by Gasteiger charge is -2.38. The van der Waals surface area contributed by atoms with Gasteiger partial charge in [0.25, 0.3) is 0 Å². The molecule has 0 bridgehead atoms. The van der Waals surface area contributed by atoms with E-state index in [-0.39, 0.29) is 17.4 Å². The fourth-order valence-electron chi connectivity index (χ4n) is 4.40. The van der Waals surface area contributed by atoms with Gasteiger partial charge in [0.15, 0.2) is 0 Å². The number of piperazine rings is 1. The molecule has 194 valence electrons. The van der Waals surface area contributed by atoms with Gasteiger partial charge in [0, 0.05) is 49.2 Å². The van der Waals surface area contributed by atoms with Crippen molar-refractivity contribution in [2.45, 2.75) is 56.8 Å². The molecule has 1 N–H and O–H groups in total. The number of nitrogens with zero attached hydrogens (tertiary/aromatic N) is 4. The van der Waals surface area contributed by atoms with Crippen LogP contribution in [-0.4, -0.2) is 64.7 Å². The van der Waals surface area contributed by atoms with Gasteiger partial charge in [0.2, 0.25) is 5.91 Å². The lowest BCUT2D eigenvalue weighted by Crippen LogP contribution is -2.56. The predicted octanol–water partition coefficient (Wildman–Crippen LogP) is 4.36. The summed E-state index contributed by atoms with van der Waals surface area (Å²) in [6.45, 7) is 9.58. The Kier molecular flexibility index (Phi) is 7.94. The molecule has 0 spiro atoms. The summed E-state index contributed by atoms with van der Waals surface area (Å²) in [4.78, 5) is 38.9. The molecule has 2 atom stereocenters. The van der Waals surface area contributed by atoms with E-state index in [1.165, 1.54) is 17.7 Å². The molecule has 2 aliphatic rings. The number of carbonyl (C=O) groups excluding carboxylic acids is 2. The van der Waals surface area contributed by atoms with Crippen molar-refractivity contribution in [3.8, 4) is 0 Å². The Bertz CT molecular complexity index is 1140. The number of fused-ring (bicyclic) bond motifs is 1. The monoisotopic (exact) mass is 535 g/mol. The minimum absolute atomic E-state index is 0.00164. The van der Waals surface area contributed by atoms with Gasteiger partial charge in [-0.1, -0.05) is 17.7 Å². The Morgan fingerprint density at radius 3 is 2.64 bits per heavy atom. The Morgan fingerprint density at radius 1 is 1.25 bits per heavy atom. The normalized spacial score (nSPS) is 18.6. The zero-order valence-corrected chi connectivity index (χ0v) is 22.5. The minimum atomic E-state index is -0.910. The molecule has 0 aliphatic carbocycles. The maximum Gasteiger partial charge on any atom is 0.408 e. The fraction of sp³-hybridized carbons (Fsp3) is 0.520. The summed E-state index contributed by atoms with van der Waals surface area (Å²) in [5, 5.41) is 3.02. The molecular formula is C25H31ClFN5O3S. The number of anilines is 1. The van der Waals surface area contributed by atoms with Gasteiger partial charge in [-0.25, -0.2) is 19.2 Å². The number of aromatic nitrogens is 2. The van der Waals surface area contributed by atoms with Gasteiger partial charge in [-0.15, -0.1) is 11.8 Å². The molecule has 2 aromatic rings. The van der Waals surface area contributed by atoms with Gasteiger partial charge in [-0.3, -0.25) is 4.79 Å². The topological polar surface area (TPSA) is 87.7 Å². The van der Waals surface area contributed by atoms with Gasteiger partial charge in [0.05, 0.1) is 10.7 Å². The summed E-state index contributed by atoms with van der Waals surface area (Å²) in [5.74, 6) is 1.00. The Morgan fingerprint density at radius 2 is 1.97 bits per heavy atom. The van der Waals surface area contributed by atoms with Crippen LogP contribution in [0, 0.1) is 5.82 Å². The lowest BCUT2D eigenvalue weighted by atomic mass is 10.0. The molecule has 2 amide bonds. The number of hydrogen-bond acceptors (Lipinski definition) is 7. The minimum Gasteiger partial charge on any atom is -0.444 e. The van der Waals surface area contributed by atoms with E-state index in [0.717, 1.165) is 17.3 Å². The smallest absolute Gasteiger partial charge is 0.408 e. The molecule has 0 unspecified atom stereocenters. The van der Waals surface area contributed by atoms with Gasteiger partial charge >= 0.3 is 6.09 Å². The van der Waals surface area contributed by atoms with Crippen LogP contribution < -0.4 is 10.2 Å². The second kappa shape index (κ2) is 10.8. The van der Waals surface area contributed by atoms with E-state index >= 15 is 0 Å². The summed E-state index contributed by atoms with van der Waals surface area (Å²) >= 11 is 7.66. The second-order valence-corrected chi connectivity index (χ2v) is 11.7. The quantitative estimate of drug-likeness (QED) is 0.608. The molecule has 1 aromatic heterocycles. The first-order chi connectivity index (χ1) is 17.0. The van der Waals surface area contributed by atoms with Crippen molar-refractivity contribution in [1.29, 1.82) is 0 Å². The van der Waals surface area contributed by atoms with Crippen LogP contribution in [0.5, 0.6) is 0 Å². The maximum absolute atomic E-state index is 14.0. The average Bonchev–Trinajstić information content (AvgIpc) is 3.20. The van der Waals surface area contributed by atoms with E-state index in [9.17, 15) is 14.0 Å². The van der Waals surface area contributed by atoms with E-state index in [2.05, 4.69) is 27.1 Å². The third-order valence-corrected chi connectivity index (χ3v) is 7.61. The molecule has 8 nitrogen and oxygen atoms in total. The number of benzene rings is 1. The van der Waals surface area contributed by atoms with Gasteiger partial charge in [0.1, 0.15) is 29.6 Å². The highest BCUT2D eigenvalue weighted by Gasteiger charge is 2.33. The number of hydrogen-bond donors (Lipinski definition) is 1. The van der Waals surface area contributed by atoms with Crippen LogP contribution in [0.4, 0.5) is 15.0 Å². The second-order valence-electron chi connectivity index (χ2n) is 9.97. The molecular weight excluding hydrogens is 505 g/mol. The molecule has 1 fully saturated rings. The predicted molar refractivity (Wildman–Crippen MR) is 139 cm³/mol. The van der Waals surface area contributed by atoms with E-state index < -0.39 is 23.6 Å². The number of rotatable bonds is 5. The third-order valence-electron chi connectivity index (χ3n) is 6.13. The van der Waals surface area contributed by atoms with E-state index in [0.29, 0.717) is 37.0 Å². The number of amides is 2. The molecule has 4 rings (SSSR count). The molecule has 11 heteroatoms. The maximum atomic E-state index is 14.0. The van der Waals surface area contributed by atoms with Crippen molar-refractivity contribution in [2.75, 3.05) is 31.1 Å². The largest absolute Gasteiger partial charge is 0.444 e. The molecule has 2 aliphatic heterocycles. The van der Waals surface area contributed by atoms with Crippen molar-refractivity contribution in [1.82, 2.24) is 20.2 Å². The highest BCUT2D eigenvalue weighted by molar-refractivity contribution is 7.99. The molecule has 1 aromatic carbocycles. The van der Waals surface area contributed by atoms with Crippen LogP contribution in [0.2, 0.25) is 5.02 Å². The van der Waals surface area contributed by atoms with Crippen LogP contribution >= 0.6 is 23.4 Å². The van der Waals surface area contributed by atoms with Gasteiger partial charge < -0.3 is 19.9 Å². The standard InChI is InChI=1S/C25H31ClFN5O3S/c1-15-21-20(13-36-15)28-14-29-22(21)31-7-9-32(10-8-31)23(33)19(30-24(34)35-25(2,3)4)12-16-5-6-17(26)18(27)11-16/h5-6,11,14-15,19H,7-10,12-13H2,1-4H3,(H,30,34)/t15-,19-/m1/s1. The van der Waals surface area contributed by atoms with Crippen molar-refractivity contribution in [3.05, 3.63) is 52.2 Å². The molecule has 0 radical (unpaired) electrons. The molecule has 1 saturated heterocycles. The highest BCUT2D eigenvalue weighted by Crippen LogP contribution is 2.44. The first-order valence-corrected chi connectivity index (χ1v) is 13.4. The van der Waals surface area contributed by atoms with Crippen LogP contribution in [0.1, 0.15) is 49.8 Å². The van der Waals surface area contributed by atoms with Gasteiger partial charge in [-0.05, 0) is 45.4 Å². The SMILES string of the molecule is C[C@H]1SCc2ncnc(N3CCN(C(=O)[C@@H](Cc4ccc(Cl)c(F)c4)NC(=O)OC(C)(C)C)CC3)c21. The number of halogens is 2.